The number of aromatic nitrogens is 2. The molecule has 3 heterocycles. The summed E-state index contributed by atoms with van der Waals surface area (Å²) in [4.78, 5) is 15.8. The van der Waals surface area contributed by atoms with Crippen molar-refractivity contribution < 1.29 is 0 Å². The monoisotopic (exact) mass is 382 g/mol. The van der Waals surface area contributed by atoms with Gasteiger partial charge in [0.25, 0.3) is 5.56 Å². The first-order valence-corrected chi connectivity index (χ1v) is 8.98. The largest absolute Gasteiger partial charge is 0.381 e. The van der Waals surface area contributed by atoms with Crippen LogP contribution >= 0.6 is 27.3 Å². The predicted molar refractivity (Wildman–Crippen MR) is 93.6 cm³/mol. The van der Waals surface area contributed by atoms with E-state index in [4.69, 9.17) is 0 Å². The minimum absolute atomic E-state index is 0.126. The Balaban J connectivity index is 1.63. The lowest BCUT2D eigenvalue weighted by atomic mass is 10.1. The number of halogens is 1. The number of anilines is 1. The minimum atomic E-state index is -0.126. The summed E-state index contributed by atoms with van der Waals surface area (Å²) in [6, 6.07) is 2.62. The van der Waals surface area contributed by atoms with Crippen molar-refractivity contribution in [2.45, 2.75) is 25.9 Å². The number of nitrogens with zero attached hydrogens (tertiary/aromatic N) is 3. The van der Waals surface area contributed by atoms with Crippen LogP contribution < -0.4 is 10.9 Å². The number of rotatable bonds is 4. The molecule has 0 saturated carbocycles. The number of nitrogens with one attached hydrogen (secondary N) is 1. The molecule has 0 bridgehead atoms. The van der Waals surface area contributed by atoms with Crippen molar-refractivity contribution in [3.8, 4) is 0 Å². The summed E-state index contributed by atoms with van der Waals surface area (Å²) in [5.41, 5.74) is 2.08. The normalized spacial score (nSPS) is 16.3. The maximum atomic E-state index is 11.8. The fourth-order valence-corrected chi connectivity index (χ4v) is 4.06. The summed E-state index contributed by atoms with van der Waals surface area (Å²) in [7, 11) is 1.64. The van der Waals surface area contributed by atoms with Crippen LogP contribution in [0.1, 0.15) is 17.4 Å². The minimum Gasteiger partial charge on any atom is -0.381 e. The zero-order chi connectivity index (χ0) is 15.7. The third-order valence-electron chi connectivity index (χ3n) is 4.13. The van der Waals surface area contributed by atoms with Gasteiger partial charge < -0.3 is 5.32 Å². The third kappa shape index (κ3) is 3.11. The molecule has 2 aromatic rings. The van der Waals surface area contributed by atoms with Gasteiger partial charge in [0.15, 0.2) is 0 Å². The molecule has 7 heteroatoms. The quantitative estimate of drug-likeness (QED) is 0.882. The van der Waals surface area contributed by atoms with E-state index in [-0.39, 0.29) is 5.56 Å². The molecular weight excluding hydrogens is 364 g/mol. The van der Waals surface area contributed by atoms with Crippen LogP contribution in [-0.2, 0) is 20.0 Å². The highest BCUT2D eigenvalue weighted by Gasteiger charge is 2.21. The lowest BCUT2D eigenvalue weighted by Gasteiger charge is -2.32. The zero-order valence-corrected chi connectivity index (χ0v) is 15.1. The average molecular weight is 383 g/mol. The summed E-state index contributed by atoms with van der Waals surface area (Å²) in [5, 5.41) is 9.57. The Morgan fingerprint density at radius 2 is 2.36 bits per heavy atom. The molecule has 0 spiro atoms. The van der Waals surface area contributed by atoms with Crippen LogP contribution in [0.15, 0.2) is 26.9 Å². The van der Waals surface area contributed by atoms with E-state index in [1.165, 1.54) is 15.1 Å². The van der Waals surface area contributed by atoms with Crippen LogP contribution in [0.3, 0.4) is 0 Å². The van der Waals surface area contributed by atoms with Gasteiger partial charge in [-0.25, -0.2) is 4.68 Å². The third-order valence-corrected chi connectivity index (χ3v) is 5.92. The van der Waals surface area contributed by atoms with E-state index >= 15 is 0 Å². The SMILES string of the molecule is CC(CNc1cnn(C)c(=O)c1Br)N1CCc2sccc2C1. The second-order valence-corrected chi connectivity index (χ2v) is 7.41. The molecule has 5 nitrogen and oxygen atoms in total. The molecule has 0 aromatic carbocycles. The molecule has 0 aliphatic carbocycles. The molecule has 2 aromatic heterocycles. The van der Waals surface area contributed by atoms with Crippen molar-refractivity contribution >= 4 is 33.0 Å². The van der Waals surface area contributed by atoms with Crippen molar-refractivity contribution in [1.29, 1.82) is 0 Å². The molecule has 0 radical (unpaired) electrons. The molecule has 118 valence electrons. The van der Waals surface area contributed by atoms with Crippen LogP contribution in [0.5, 0.6) is 0 Å². The van der Waals surface area contributed by atoms with Gasteiger partial charge in [0.1, 0.15) is 4.47 Å². The van der Waals surface area contributed by atoms with E-state index in [1.807, 2.05) is 11.3 Å². The lowest BCUT2D eigenvalue weighted by molar-refractivity contribution is 0.200. The summed E-state index contributed by atoms with van der Waals surface area (Å²) in [6.07, 6.45) is 2.82. The Bertz CT molecular complexity index is 727. The first-order chi connectivity index (χ1) is 10.6. The molecule has 0 saturated heterocycles. The van der Waals surface area contributed by atoms with Gasteiger partial charge in [0.05, 0.1) is 11.9 Å². The van der Waals surface area contributed by atoms with Crippen LogP contribution in [-0.4, -0.2) is 33.8 Å². The molecule has 0 fully saturated rings. The molecule has 1 aliphatic heterocycles. The number of aryl methyl sites for hydroxylation is 1. The van der Waals surface area contributed by atoms with Crippen LogP contribution in [0.4, 0.5) is 5.69 Å². The number of hydrogen-bond donors (Lipinski definition) is 1. The van der Waals surface area contributed by atoms with Gasteiger partial charge in [-0.1, -0.05) is 0 Å². The molecule has 3 rings (SSSR count). The highest BCUT2D eigenvalue weighted by molar-refractivity contribution is 9.10. The second-order valence-electron chi connectivity index (χ2n) is 5.62. The van der Waals surface area contributed by atoms with Crippen molar-refractivity contribution in [3.05, 3.63) is 42.9 Å². The van der Waals surface area contributed by atoms with Gasteiger partial charge in [-0.05, 0) is 46.3 Å². The average Bonchev–Trinajstić information content (AvgIpc) is 2.99. The van der Waals surface area contributed by atoms with Crippen molar-refractivity contribution in [2.24, 2.45) is 7.05 Å². The zero-order valence-electron chi connectivity index (χ0n) is 12.7. The van der Waals surface area contributed by atoms with Gasteiger partial charge in [-0.3, -0.25) is 9.69 Å². The number of thiophene rings is 1. The Hall–Kier alpha value is -1.18. The maximum Gasteiger partial charge on any atom is 0.282 e. The molecule has 1 N–H and O–H groups in total. The fourth-order valence-electron chi connectivity index (χ4n) is 2.67. The highest BCUT2D eigenvalue weighted by Crippen LogP contribution is 2.25. The van der Waals surface area contributed by atoms with E-state index in [0.29, 0.717) is 10.5 Å². The second kappa shape index (κ2) is 6.52. The van der Waals surface area contributed by atoms with E-state index in [9.17, 15) is 4.79 Å². The number of fused-ring (bicyclic) bond motifs is 1. The van der Waals surface area contributed by atoms with Gasteiger partial charge in [-0.15, -0.1) is 11.3 Å². The first kappa shape index (κ1) is 15.7. The molecule has 1 atom stereocenters. The topological polar surface area (TPSA) is 50.2 Å². The van der Waals surface area contributed by atoms with Crippen molar-refractivity contribution in [2.75, 3.05) is 18.4 Å². The molecule has 1 aliphatic rings. The molecule has 1 unspecified atom stereocenters. The van der Waals surface area contributed by atoms with Crippen LogP contribution in [0, 0.1) is 0 Å². The molecular formula is C15H19BrN4OS. The van der Waals surface area contributed by atoms with Crippen molar-refractivity contribution in [3.63, 3.8) is 0 Å². The van der Waals surface area contributed by atoms with Gasteiger partial charge in [0, 0.05) is 37.6 Å². The summed E-state index contributed by atoms with van der Waals surface area (Å²) in [5.74, 6) is 0. The maximum absolute atomic E-state index is 11.8. The first-order valence-electron chi connectivity index (χ1n) is 7.31. The predicted octanol–water partition coefficient (Wildman–Crippen LogP) is 2.46. The summed E-state index contributed by atoms with van der Waals surface area (Å²) in [6.45, 7) is 5.10. The Kier molecular flexibility index (Phi) is 4.65. The van der Waals surface area contributed by atoms with E-state index in [1.54, 1.807) is 13.2 Å². The van der Waals surface area contributed by atoms with Gasteiger partial charge >= 0.3 is 0 Å². The van der Waals surface area contributed by atoms with E-state index in [0.717, 1.165) is 31.7 Å². The standard InChI is InChI=1S/C15H19BrN4OS/c1-10(20-5-3-13-11(9-20)4-6-22-13)7-17-12-8-18-19(2)15(21)14(12)16/h4,6,8,10,17H,3,5,7,9H2,1-2H3. The van der Waals surface area contributed by atoms with Gasteiger partial charge in [0.2, 0.25) is 0 Å². The van der Waals surface area contributed by atoms with Crippen molar-refractivity contribution in [1.82, 2.24) is 14.7 Å². The smallest absolute Gasteiger partial charge is 0.282 e. The fraction of sp³-hybridized carbons (Fsp3) is 0.467. The van der Waals surface area contributed by atoms with E-state index < -0.39 is 0 Å². The lowest BCUT2D eigenvalue weighted by Crippen LogP contribution is -2.41. The number of hydrogen-bond acceptors (Lipinski definition) is 5. The molecule has 22 heavy (non-hydrogen) atoms. The summed E-state index contributed by atoms with van der Waals surface area (Å²) < 4.78 is 1.86. The Morgan fingerprint density at radius 1 is 1.55 bits per heavy atom. The Labute approximate surface area is 142 Å². The van der Waals surface area contributed by atoms with Gasteiger partial charge in [-0.2, -0.15) is 5.10 Å². The highest BCUT2D eigenvalue weighted by atomic mass is 79.9. The molecule has 0 amide bonds. The van der Waals surface area contributed by atoms with Crippen LogP contribution in [0.25, 0.3) is 0 Å². The van der Waals surface area contributed by atoms with Crippen LogP contribution in [0.2, 0.25) is 0 Å². The van der Waals surface area contributed by atoms with E-state index in [2.05, 4.69) is 49.6 Å². The summed E-state index contributed by atoms with van der Waals surface area (Å²) >= 11 is 5.21. The Morgan fingerprint density at radius 3 is 3.18 bits per heavy atom.